The molecule has 2 saturated heterocycles. The normalized spacial score (nSPS) is 21.0. The zero-order valence-electron chi connectivity index (χ0n) is 13.4. The van der Waals surface area contributed by atoms with Crippen LogP contribution >= 0.6 is 0 Å². The summed E-state index contributed by atoms with van der Waals surface area (Å²) < 4.78 is 5.27. The van der Waals surface area contributed by atoms with Gasteiger partial charge in [0.1, 0.15) is 0 Å². The molecule has 0 spiro atoms. The van der Waals surface area contributed by atoms with Gasteiger partial charge in [-0.3, -0.25) is 9.69 Å². The highest BCUT2D eigenvalue weighted by Crippen LogP contribution is 2.03. The quantitative estimate of drug-likeness (QED) is 0.684. The van der Waals surface area contributed by atoms with Crippen molar-refractivity contribution in [3.05, 3.63) is 0 Å². The Morgan fingerprint density at radius 3 is 2.57 bits per heavy atom. The fourth-order valence-electron chi connectivity index (χ4n) is 2.83. The molecule has 0 saturated carbocycles. The number of hydrogen-bond donors (Lipinski definition) is 1. The standard InChI is InChI=1S/C15H30N4O2/c1-17(9-10-18-7-4-16-5-8-18)6-2-3-15(20)19-11-13-21-14-12-19/h16H,2-14H2,1H3. The van der Waals surface area contributed by atoms with Crippen LogP contribution in [-0.4, -0.2) is 99.8 Å². The van der Waals surface area contributed by atoms with Crippen molar-refractivity contribution in [2.45, 2.75) is 12.8 Å². The number of nitrogens with one attached hydrogen (secondary N) is 1. The Morgan fingerprint density at radius 2 is 1.86 bits per heavy atom. The van der Waals surface area contributed by atoms with Gasteiger partial charge in [-0.1, -0.05) is 0 Å². The lowest BCUT2D eigenvalue weighted by atomic mass is 10.2. The van der Waals surface area contributed by atoms with E-state index in [-0.39, 0.29) is 5.91 Å². The van der Waals surface area contributed by atoms with Crippen molar-refractivity contribution in [2.75, 3.05) is 79.2 Å². The van der Waals surface area contributed by atoms with E-state index in [0.29, 0.717) is 19.6 Å². The van der Waals surface area contributed by atoms with Gasteiger partial charge in [0.05, 0.1) is 13.2 Å². The number of carbonyl (C=O) groups excluding carboxylic acids is 1. The molecular formula is C15H30N4O2. The fourth-order valence-corrected chi connectivity index (χ4v) is 2.83. The van der Waals surface area contributed by atoms with Crippen LogP contribution in [0.25, 0.3) is 0 Å². The predicted molar refractivity (Wildman–Crippen MR) is 83.4 cm³/mol. The van der Waals surface area contributed by atoms with Crippen LogP contribution in [0.5, 0.6) is 0 Å². The average Bonchev–Trinajstić information content (AvgIpc) is 2.54. The van der Waals surface area contributed by atoms with E-state index in [1.807, 2.05) is 4.90 Å². The van der Waals surface area contributed by atoms with E-state index >= 15 is 0 Å². The van der Waals surface area contributed by atoms with Gasteiger partial charge in [-0.15, -0.1) is 0 Å². The van der Waals surface area contributed by atoms with E-state index < -0.39 is 0 Å². The Bertz CT molecular complexity index is 302. The minimum atomic E-state index is 0.286. The van der Waals surface area contributed by atoms with Crippen molar-refractivity contribution in [3.63, 3.8) is 0 Å². The first-order chi connectivity index (χ1) is 10.3. The van der Waals surface area contributed by atoms with Gasteiger partial charge in [-0.25, -0.2) is 0 Å². The topological polar surface area (TPSA) is 48.1 Å². The molecule has 0 radical (unpaired) electrons. The van der Waals surface area contributed by atoms with Crippen LogP contribution in [0.1, 0.15) is 12.8 Å². The largest absolute Gasteiger partial charge is 0.378 e. The van der Waals surface area contributed by atoms with Gasteiger partial charge in [-0.05, 0) is 20.0 Å². The number of likely N-dealkylation sites (N-methyl/N-ethyl adjacent to an activating group) is 1. The number of hydrogen-bond acceptors (Lipinski definition) is 5. The SMILES string of the molecule is CN(CCCC(=O)N1CCOCC1)CCN1CCNCC1. The second-order valence-corrected chi connectivity index (χ2v) is 5.99. The van der Waals surface area contributed by atoms with Gasteiger partial charge >= 0.3 is 0 Å². The molecule has 1 N–H and O–H groups in total. The monoisotopic (exact) mass is 298 g/mol. The highest BCUT2D eigenvalue weighted by molar-refractivity contribution is 5.76. The van der Waals surface area contributed by atoms with Crippen molar-refractivity contribution in [3.8, 4) is 0 Å². The summed E-state index contributed by atoms with van der Waals surface area (Å²) >= 11 is 0. The number of nitrogens with zero attached hydrogens (tertiary/aromatic N) is 3. The summed E-state index contributed by atoms with van der Waals surface area (Å²) in [5.74, 6) is 0.286. The van der Waals surface area contributed by atoms with E-state index in [0.717, 1.165) is 65.3 Å². The van der Waals surface area contributed by atoms with Gasteiger partial charge in [-0.2, -0.15) is 0 Å². The molecule has 0 atom stereocenters. The minimum Gasteiger partial charge on any atom is -0.378 e. The van der Waals surface area contributed by atoms with Crippen LogP contribution in [-0.2, 0) is 9.53 Å². The summed E-state index contributed by atoms with van der Waals surface area (Å²) in [5, 5.41) is 3.37. The van der Waals surface area contributed by atoms with Gasteiger partial charge in [0, 0.05) is 58.8 Å². The van der Waals surface area contributed by atoms with E-state index in [1.54, 1.807) is 0 Å². The second kappa shape index (κ2) is 9.35. The second-order valence-electron chi connectivity index (χ2n) is 5.99. The first-order valence-electron chi connectivity index (χ1n) is 8.23. The van der Waals surface area contributed by atoms with Crippen molar-refractivity contribution in [1.82, 2.24) is 20.0 Å². The third kappa shape index (κ3) is 6.30. The smallest absolute Gasteiger partial charge is 0.222 e. The Hall–Kier alpha value is -0.690. The van der Waals surface area contributed by atoms with Crippen molar-refractivity contribution >= 4 is 5.91 Å². The van der Waals surface area contributed by atoms with Crippen LogP contribution in [0.2, 0.25) is 0 Å². The molecule has 2 fully saturated rings. The van der Waals surface area contributed by atoms with E-state index in [1.165, 1.54) is 0 Å². The van der Waals surface area contributed by atoms with Crippen LogP contribution in [0, 0.1) is 0 Å². The van der Waals surface area contributed by atoms with Crippen LogP contribution in [0.4, 0.5) is 0 Å². The first kappa shape index (κ1) is 16.7. The molecule has 0 aromatic rings. The molecule has 0 aromatic carbocycles. The molecule has 122 valence electrons. The zero-order chi connectivity index (χ0) is 14.9. The molecule has 6 nitrogen and oxygen atoms in total. The van der Waals surface area contributed by atoms with Crippen LogP contribution in [0.15, 0.2) is 0 Å². The lowest BCUT2D eigenvalue weighted by molar-refractivity contribution is -0.135. The highest BCUT2D eigenvalue weighted by atomic mass is 16.5. The maximum absolute atomic E-state index is 12.0. The molecule has 0 aliphatic carbocycles. The van der Waals surface area contributed by atoms with E-state index in [2.05, 4.69) is 22.2 Å². The fraction of sp³-hybridized carbons (Fsp3) is 0.933. The number of morpholine rings is 1. The molecule has 1 amide bonds. The van der Waals surface area contributed by atoms with Crippen LogP contribution in [0.3, 0.4) is 0 Å². The van der Waals surface area contributed by atoms with Crippen molar-refractivity contribution in [2.24, 2.45) is 0 Å². The minimum absolute atomic E-state index is 0.286. The van der Waals surface area contributed by atoms with Gasteiger partial charge in [0.15, 0.2) is 0 Å². The summed E-state index contributed by atoms with van der Waals surface area (Å²) in [5.41, 5.74) is 0. The molecule has 0 bridgehead atoms. The summed E-state index contributed by atoms with van der Waals surface area (Å²) in [7, 11) is 2.15. The van der Waals surface area contributed by atoms with Gasteiger partial charge in [0.25, 0.3) is 0 Å². The van der Waals surface area contributed by atoms with Gasteiger partial charge < -0.3 is 19.9 Å². The molecule has 21 heavy (non-hydrogen) atoms. The number of rotatable bonds is 7. The number of amides is 1. The van der Waals surface area contributed by atoms with E-state index in [9.17, 15) is 4.79 Å². The van der Waals surface area contributed by atoms with Gasteiger partial charge in [0.2, 0.25) is 5.91 Å². The van der Waals surface area contributed by atoms with Crippen molar-refractivity contribution < 1.29 is 9.53 Å². The number of ether oxygens (including phenoxy) is 1. The summed E-state index contributed by atoms with van der Waals surface area (Å²) in [6, 6.07) is 0. The Labute approximate surface area is 128 Å². The summed E-state index contributed by atoms with van der Waals surface area (Å²) in [6.45, 7) is 10.7. The number of carbonyl (C=O) groups is 1. The lowest BCUT2D eigenvalue weighted by Crippen LogP contribution is -2.46. The Kier molecular flexibility index (Phi) is 7.43. The highest BCUT2D eigenvalue weighted by Gasteiger charge is 2.16. The number of piperazine rings is 1. The molecule has 2 heterocycles. The first-order valence-corrected chi connectivity index (χ1v) is 8.23. The van der Waals surface area contributed by atoms with Crippen molar-refractivity contribution in [1.29, 1.82) is 0 Å². The molecule has 2 aliphatic rings. The zero-order valence-corrected chi connectivity index (χ0v) is 13.4. The maximum Gasteiger partial charge on any atom is 0.222 e. The third-order valence-electron chi connectivity index (χ3n) is 4.30. The summed E-state index contributed by atoms with van der Waals surface area (Å²) in [6.07, 6.45) is 1.62. The maximum atomic E-state index is 12.0. The Morgan fingerprint density at radius 1 is 1.14 bits per heavy atom. The Balaban J connectivity index is 1.51. The average molecular weight is 298 g/mol. The third-order valence-corrected chi connectivity index (χ3v) is 4.30. The molecule has 0 aromatic heterocycles. The molecule has 2 aliphatic heterocycles. The predicted octanol–water partition coefficient (Wildman–Crippen LogP) is -0.538. The molecule has 2 rings (SSSR count). The lowest BCUT2D eigenvalue weighted by Gasteiger charge is -2.29. The van der Waals surface area contributed by atoms with E-state index in [4.69, 9.17) is 4.74 Å². The van der Waals surface area contributed by atoms with Crippen LogP contribution < -0.4 is 5.32 Å². The molecule has 6 heteroatoms. The molecule has 0 unspecified atom stereocenters. The molecular weight excluding hydrogens is 268 g/mol. The summed E-state index contributed by atoms with van der Waals surface area (Å²) in [4.78, 5) is 18.8.